The van der Waals surface area contributed by atoms with Crippen LogP contribution in [-0.4, -0.2) is 32.0 Å². The second kappa shape index (κ2) is 7.71. The number of hydrogen-bond acceptors (Lipinski definition) is 2. The molecule has 0 saturated carbocycles. The van der Waals surface area contributed by atoms with Crippen molar-refractivity contribution in [3.05, 3.63) is 12.2 Å². The average molecular weight is 251 g/mol. The monoisotopic (exact) mass is 251 g/mol. The highest BCUT2D eigenvalue weighted by atomic mass is 19.4. The molecule has 1 N–H and O–H groups in total. The van der Waals surface area contributed by atoms with Gasteiger partial charge >= 0.3 is 6.18 Å². The van der Waals surface area contributed by atoms with Crippen LogP contribution in [0.15, 0.2) is 12.2 Å². The number of rotatable bonds is 5. The maximum absolute atomic E-state index is 11.8. The molecule has 2 nitrogen and oxygen atoms in total. The molecule has 1 rings (SSSR count). The number of hydrogen-bond donors (Lipinski definition) is 1. The molecule has 0 radical (unpaired) electrons. The van der Waals surface area contributed by atoms with Crippen molar-refractivity contribution in [2.24, 2.45) is 0 Å². The first-order valence-electron chi connectivity index (χ1n) is 6.12. The van der Waals surface area contributed by atoms with Crippen LogP contribution in [0.2, 0.25) is 0 Å². The Morgan fingerprint density at radius 3 is 2.82 bits per heavy atom. The Bertz CT molecular complexity index is 228. The Kier molecular flexibility index (Phi) is 6.58. The molecule has 0 fully saturated rings. The Hall–Kier alpha value is -0.550. The normalized spacial score (nSPS) is 24.1. The Morgan fingerprint density at radius 2 is 2.06 bits per heavy atom. The van der Waals surface area contributed by atoms with Crippen LogP contribution in [0, 0.1) is 0 Å². The summed E-state index contributed by atoms with van der Waals surface area (Å²) in [6.07, 6.45) is 5.82. The first-order valence-corrected chi connectivity index (χ1v) is 6.12. The third-order valence-electron chi connectivity index (χ3n) is 2.67. The van der Waals surface area contributed by atoms with Gasteiger partial charge in [-0.1, -0.05) is 25.0 Å². The summed E-state index contributed by atoms with van der Waals surface area (Å²) in [5, 5.41) is 3.20. The van der Waals surface area contributed by atoms with Gasteiger partial charge in [0.25, 0.3) is 0 Å². The van der Waals surface area contributed by atoms with Gasteiger partial charge in [0, 0.05) is 12.6 Å². The van der Waals surface area contributed by atoms with Crippen molar-refractivity contribution in [3.63, 3.8) is 0 Å². The Labute approximate surface area is 100 Å². The van der Waals surface area contributed by atoms with Gasteiger partial charge in [-0.25, -0.2) is 0 Å². The van der Waals surface area contributed by atoms with Gasteiger partial charge in [0.1, 0.15) is 6.61 Å². The van der Waals surface area contributed by atoms with Gasteiger partial charge in [0.05, 0.1) is 6.61 Å². The molecule has 0 spiro atoms. The molecule has 0 aromatic heterocycles. The van der Waals surface area contributed by atoms with Gasteiger partial charge in [0.15, 0.2) is 0 Å². The lowest BCUT2D eigenvalue weighted by Gasteiger charge is -2.17. The molecule has 0 aliphatic heterocycles. The minimum atomic E-state index is -4.22. The smallest absolute Gasteiger partial charge is 0.371 e. The number of allylic oxidation sites excluding steroid dienone is 1. The highest BCUT2D eigenvalue weighted by Crippen LogP contribution is 2.14. The van der Waals surface area contributed by atoms with Gasteiger partial charge < -0.3 is 10.1 Å². The quantitative estimate of drug-likeness (QED) is 0.599. The largest absolute Gasteiger partial charge is 0.411 e. The highest BCUT2D eigenvalue weighted by molar-refractivity contribution is 4.94. The lowest BCUT2D eigenvalue weighted by Crippen LogP contribution is -2.31. The average Bonchev–Trinajstić information content (AvgIpc) is 2.18. The summed E-state index contributed by atoms with van der Waals surface area (Å²) in [4.78, 5) is 0. The van der Waals surface area contributed by atoms with E-state index in [1.807, 2.05) is 0 Å². The summed E-state index contributed by atoms with van der Waals surface area (Å²) in [5.41, 5.74) is 0. The van der Waals surface area contributed by atoms with E-state index in [1.165, 1.54) is 19.3 Å². The minimum Gasteiger partial charge on any atom is -0.371 e. The standard InChI is InChI=1S/C12H20F3NO/c13-12(14,15)10-17-9-8-16-11-6-4-2-1-3-5-7-11/h4,6,11,16H,1-3,5,7-10H2/b6-4+. The van der Waals surface area contributed by atoms with E-state index in [9.17, 15) is 13.2 Å². The van der Waals surface area contributed by atoms with Crippen LogP contribution in [0.3, 0.4) is 0 Å². The first-order chi connectivity index (χ1) is 8.08. The van der Waals surface area contributed by atoms with Crippen LogP contribution in [0.5, 0.6) is 0 Å². The molecule has 100 valence electrons. The van der Waals surface area contributed by atoms with Crippen LogP contribution < -0.4 is 5.32 Å². The van der Waals surface area contributed by atoms with Crippen LogP contribution in [0.1, 0.15) is 32.1 Å². The number of ether oxygens (including phenoxy) is 1. The summed E-state index contributed by atoms with van der Waals surface area (Å²) in [6.45, 7) is -0.593. The Balaban J connectivity index is 2.06. The lowest BCUT2D eigenvalue weighted by molar-refractivity contribution is -0.173. The van der Waals surface area contributed by atoms with Crippen LogP contribution in [0.4, 0.5) is 13.2 Å². The molecule has 0 bridgehead atoms. The van der Waals surface area contributed by atoms with E-state index in [-0.39, 0.29) is 12.6 Å². The molecule has 17 heavy (non-hydrogen) atoms. The second-order valence-electron chi connectivity index (χ2n) is 4.29. The maximum atomic E-state index is 11.8. The fourth-order valence-electron chi connectivity index (χ4n) is 1.83. The zero-order chi connectivity index (χ0) is 12.6. The molecule has 5 heteroatoms. The van der Waals surface area contributed by atoms with Crippen LogP contribution in [0.25, 0.3) is 0 Å². The van der Waals surface area contributed by atoms with Crippen molar-refractivity contribution >= 4 is 0 Å². The Morgan fingerprint density at radius 1 is 1.24 bits per heavy atom. The third-order valence-corrected chi connectivity index (χ3v) is 2.67. The van der Waals surface area contributed by atoms with E-state index in [0.717, 1.165) is 12.8 Å². The fourth-order valence-corrected chi connectivity index (χ4v) is 1.83. The van der Waals surface area contributed by atoms with Gasteiger partial charge in [-0.05, 0) is 19.3 Å². The molecule has 0 amide bonds. The molecule has 0 aromatic carbocycles. The molecule has 1 atom stereocenters. The second-order valence-corrected chi connectivity index (χ2v) is 4.29. The zero-order valence-electron chi connectivity index (χ0n) is 9.93. The molecule has 1 aliphatic carbocycles. The van der Waals surface area contributed by atoms with E-state index in [0.29, 0.717) is 6.54 Å². The van der Waals surface area contributed by atoms with E-state index < -0.39 is 12.8 Å². The predicted molar refractivity (Wildman–Crippen MR) is 60.9 cm³/mol. The van der Waals surface area contributed by atoms with Crippen molar-refractivity contribution in [2.75, 3.05) is 19.8 Å². The van der Waals surface area contributed by atoms with Gasteiger partial charge in [-0.2, -0.15) is 13.2 Å². The van der Waals surface area contributed by atoms with Crippen molar-refractivity contribution < 1.29 is 17.9 Å². The van der Waals surface area contributed by atoms with Crippen molar-refractivity contribution in [1.82, 2.24) is 5.32 Å². The summed E-state index contributed by atoms with van der Waals surface area (Å²) in [5.74, 6) is 0. The van der Waals surface area contributed by atoms with Gasteiger partial charge in [-0.3, -0.25) is 0 Å². The molecule has 0 heterocycles. The van der Waals surface area contributed by atoms with Crippen LogP contribution >= 0.6 is 0 Å². The maximum Gasteiger partial charge on any atom is 0.411 e. The molecule has 1 aliphatic rings. The number of nitrogens with one attached hydrogen (secondary N) is 1. The summed E-state index contributed by atoms with van der Waals surface area (Å²) in [7, 11) is 0. The van der Waals surface area contributed by atoms with Crippen molar-refractivity contribution in [3.8, 4) is 0 Å². The lowest BCUT2D eigenvalue weighted by atomic mass is 10.0. The molecular weight excluding hydrogens is 231 g/mol. The van der Waals surface area contributed by atoms with E-state index in [4.69, 9.17) is 0 Å². The summed E-state index contributed by atoms with van der Waals surface area (Å²) in [6, 6.07) is 0.282. The number of alkyl halides is 3. The van der Waals surface area contributed by atoms with Crippen molar-refractivity contribution in [1.29, 1.82) is 0 Å². The fraction of sp³-hybridized carbons (Fsp3) is 0.833. The van der Waals surface area contributed by atoms with Gasteiger partial charge in [0.2, 0.25) is 0 Å². The highest BCUT2D eigenvalue weighted by Gasteiger charge is 2.27. The predicted octanol–water partition coefficient (Wildman–Crippen LogP) is 3.04. The summed E-state index contributed by atoms with van der Waals surface area (Å²) >= 11 is 0. The zero-order valence-corrected chi connectivity index (χ0v) is 9.93. The van der Waals surface area contributed by atoms with E-state index in [2.05, 4.69) is 22.2 Å². The first kappa shape index (κ1) is 14.5. The topological polar surface area (TPSA) is 21.3 Å². The molecule has 0 aromatic rings. The molecular formula is C12H20F3NO. The molecule has 1 unspecified atom stereocenters. The number of halogens is 3. The summed E-state index contributed by atoms with van der Waals surface area (Å²) < 4.78 is 39.9. The van der Waals surface area contributed by atoms with E-state index in [1.54, 1.807) is 0 Å². The van der Waals surface area contributed by atoms with E-state index >= 15 is 0 Å². The van der Waals surface area contributed by atoms with Crippen molar-refractivity contribution in [2.45, 2.75) is 44.3 Å². The van der Waals surface area contributed by atoms with Gasteiger partial charge in [-0.15, -0.1) is 0 Å². The SMILES string of the molecule is FC(F)(F)COCCNC1/C=C/CCCCC1. The molecule has 0 saturated heterocycles. The third kappa shape index (κ3) is 8.21. The minimum absolute atomic E-state index is 0.101. The van der Waals surface area contributed by atoms with Crippen LogP contribution in [-0.2, 0) is 4.74 Å².